The summed E-state index contributed by atoms with van der Waals surface area (Å²) in [5.74, 6) is -0.0349. The summed E-state index contributed by atoms with van der Waals surface area (Å²) in [6.45, 7) is 5.97. The van der Waals surface area contributed by atoms with Gasteiger partial charge in [-0.1, -0.05) is 17.7 Å². The zero-order chi connectivity index (χ0) is 18.4. The summed E-state index contributed by atoms with van der Waals surface area (Å²) in [6, 6.07) is 4.03. The molecule has 4 rings (SSSR count). The Bertz CT molecular complexity index is 1070. The van der Waals surface area contributed by atoms with E-state index in [0.29, 0.717) is 0 Å². The number of rotatable bonds is 3. The van der Waals surface area contributed by atoms with Gasteiger partial charge < -0.3 is 0 Å². The molecule has 0 saturated heterocycles. The lowest BCUT2D eigenvalue weighted by Crippen LogP contribution is -2.25. The fourth-order valence-electron chi connectivity index (χ4n) is 4.15. The lowest BCUT2D eigenvalue weighted by molar-refractivity contribution is 0.0969. The maximum Gasteiger partial charge on any atom is 0.262 e. The zero-order valence-corrected chi connectivity index (χ0v) is 16.2. The van der Waals surface area contributed by atoms with Gasteiger partial charge >= 0.3 is 0 Å². The van der Waals surface area contributed by atoms with Gasteiger partial charge in [-0.2, -0.15) is 0 Å². The van der Waals surface area contributed by atoms with E-state index in [-0.39, 0.29) is 17.9 Å². The fraction of sp³-hybridized carbons (Fsp3) is 0.381. The van der Waals surface area contributed by atoms with Gasteiger partial charge in [-0.25, -0.2) is 4.98 Å². The molecule has 1 aromatic carbocycles. The topological polar surface area (TPSA) is 52.0 Å². The van der Waals surface area contributed by atoms with Gasteiger partial charge in [-0.3, -0.25) is 14.2 Å². The van der Waals surface area contributed by atoms with Gasteiger partial charge in [-0.05, 0) is 63.1 Å². The molecule has 134 valence electrons. The minimum absolute atomic E-state index is 0.0349. The number of ketones is 1. The Morgan fingerprint density at radius 3 is 2.58 bits per heavy atom. The number of aryl methyl sites for hydroxylation is 5. The number of carbonyl (C=O) groups is 1. The van der Waals surface area contributed by atoms with Crippen molar-refractivity contribution in [2.75, 3.05) is 0 Å². The van der Waals surface area contributed by atoms with Gasteiger partial charge in [0.15, 0.2) is 5.78 Å². The molecular weight excluding hydrogens is 344 g/mol. The van der Waals surface area contributed by atoms with Crippen LogP contribution in [0.1, 0.15) is 50.3 Å². The Morgan fingerprint density at radius 1 is 1.15 bits per heavy atom. The Balaban J connectivity index is 1.75. The van der Waals surface area contributed by atoms with E-state index in [1.54, 1.807) is 11.3 Å². The van der Waals surface area contributed by atoms with Crippen LogP contribution in [0.3, 0.4) is 0 Å². The van der Waals surface area contributed by atoms with Crippen molar-refractivity contribution >= 4 is 27.3 Å². The van der Waals surface area contributed by atoms with E-state index >= 15 is 0 Å². The monoisotopic (exact) mass is 366 g/mol. The predicted molar refractivity (Wildman–Crippen MR) is 106 cm³/mol. The molecule has 0 radical (unpaired) electrons. The van der Waals surface area contributed by atoms with Crippen LogP contribution >= 0.6 is 11.3 Å². The van der Waals surface area contributed by atoms with Crippen LogP contribution in [-0.4, -0.2) is 15.3 Å². The molecule has 3 aromatic rings. The molecule has 0 bridgehead atoms. The summed E-state index contributed by atoms with van der Waals surface area (Å²) < 4.78 is 1.48. The van der Waals surface area contributed by atoms with Crippen molar-refractivity contribution in [1.82, 2.24) is 9.55 Å². The normalized spacial score (nSPS) is 13.8. The molecule has 0 N–H and O–H groups in total. The highest BCUT2D eigenvalue weighted by molar-refractivity contribution is 7.18. The van der Waals surface area contributed by atoms with E-state index in [1.807, 2.05) is 32.9 Å². The number of benzene rings is 1. The first kappa shape index (κ1) is 17.2. The van der Waals surface area contributed by atoms with Crippen molar-refractivity contribution in [3.05, 3.63) is 61.5 Å². The Morgan fingerprint density at radius 2 is 1.85 bits per heavy atom. The summed E-state index contributed by atoms with van der Waals surface area (Å²) >= 11 is 1.63. The first-order chi connectivity index (χ1) is 12.5. The van der Waals surface area contributed by atoms with E-state index < -0.39 is 0 Å². The number of hydrogen-bond acceptors (Lipinski definition) is 4. The lowest BCUT2D eigenvalue weighted by atomic mass is 9.96. The third-order valence-corrected chi connectivity index (χ3v) is 6.41. The summed E-state index contributed by atoms with van der Waals surface area (Å²) in [6.07, 6.45) is 5.81. The summed E-state index contributed by atoms with van der Waals surface area (Å²) in [4.78, 5) is 32.5. The van der Waals surface area contributed by atoms with E-state index in [0.717, 1.165) is 51.7 Å². The Labute approximate surface area is 156 Å². The van der Waals surface area contributed by atoms with Crippen LogP contribution in [0, 0.1) is 20.8 Å². The number of Topliss-reactive ketones (excluding diaryl/α,β-unsaturated/α-hetero) is 1. The van der Waals surface area contributed by atoms with E-state index in [4.69, 9.17) is 0 Å². The molecule has 1 aliphatic rings. The maximum atomic E-state index is 13.0. The highest BCUT2D eigenvalue weighted by Gasteiger charge is 2.21. The summed E-state index contributed by atoms with van der Waals surface area (Å²) in [5, 5.41) is 0.734. The van der Waals surface area contributed by atoms with Crippen LogP contribution in [0.25, 0.3) is 10.2 Å². The number of thiophene rings is 1. The minimum atomic E-state index is -0.0785. The minimum Gasteiger partial charge on any atom is -0.292 e. The van der Waals surface area contributed by atoms with Gasteiger partial charge in [0.25, 0.3) is 5.56 Å². The largest absolute Gasteiger partial charge is 0.292 e. The Kier molecular flexibility index (Phi) is 4.27. The highest BCUT2D eigenvalue weighted by Crippen LogP contribution is 2.33. The van der Waals surface area contributed by atoms with Crippen molar-refractivity contribution in [3.8, 4) is 0 Å². The van der Waals surface area contributed by atoms with E-state index in [2.05, 4.69) is 4.98 Å². The van der Waals surface area contributed by atoms with Gasteiger partial charge in [0.2, 0.25) is 0 Å². The Hall–Kier alpha value is -2.27. The lowest BCUT2D eigenvalue weighted by Gasteiger charge is -2.12. The van der Waals surface area contributed by atoms with Crippen molar-refractivity contribution in [1.29, 1.82) is 0 Å². The number of nitrogens with zero attached hydrogens (tertiary/aromatic N) is 2. The van der Waals surface area contributed by atoms with Crippen LogP contribution in [0.15, 0.2) is 23.3 Å². The van der Waals surface area contributed by atoms with Gasteiger partial charge in [0.1, 0.15) is 4.83 Å². The van der Waals surface area contributed by atoms with Crippen LogP contribution in [-0.2, 0) is 19.4 Å². The van der Waals surface area contributed by atoms with Crippen LogP contribution in [0.2, 0.25) is 0 Å². The zero-order valence-electron chi connectivity index (χ0n) is 15.4. The first-order valence-corrected chi connectivity index (χ1v) is 9.88. The molecule has 0 saturated carbocycles. The second-order valence-electron chi connectivity index (χ2n) is 7.27. The molecule has 0 spiro atoms. The molecule has 0 unspecified atom stereocenters. The molecule has 0 atom stereocenters. The molecule has 1 aliphatic carbocycles. The molecule has 0 aliphatic heterocycles. The average Bonchev–Trinajstić information content (AvgIpc) is 2.95. The SMILES string of the molecule is Cc1cc(C)c(C(=O)Cn2cnc3sc4c(c3c2=O)CCCC4)c(C)c1. The van der Waals surface area contributed by atoms with Gasteiger partial charge in [0.05, 0.1) is 18.3 Å². The van der Waals surface area contributed by atoms with E-state index in [1.165, 1.54) is 27.8 Å². The van der Waals surface area contributed by atoms with Gasteiger partial charge in [0, 0.05) is 10.4 Å². The smallest absolute Gasteiger partial charge is 0.262 e. The molecule has 2 heterocycles. The third kappa shape index (κ3) is 2.80. The highest BCUT2D eigenvalue weighted by atomic mass is 32.1. The number of carbonyl (C=O) groups excluding carboxylic acids is 1. The molecule has 5 heteroatoms. The van der Waals surface area contributed by atoms with E-state index in [9.17, 15) is 9.59 Å². The van der Waals surface area contributed by atoms with Crippen LogP contribution in [0.4, 0.5) is 0 Å². The molecule has 4 nitrogen and oxygen atoms in total. The van der Waals surface area contributed by atoms with Crippen molar-refractivity contribution < 1.29 is 4.79 Å². The third-order valence-electron chi connectivity index (χ3n) is 5.21. The van der Waals surface area contributed by atoms with Crippen LogP contribution < -0.4 is 5.56 Å². The van der Waals surface area contributed by atoms with Crippen LogP contribution in [0.5, 0.6) is 0 Å². The summed E-state index contributed by atoms with van der Waals surface area (Å²) in [7, 11) is 0. The van der Waals surface area contributed by atoms with Crippen molar-refractivity contribution in [2.45, 2.75) is 53.0 Å². The second kappa shape index (κ2) is 6.47. The number of fused-ring (bicyclic) bond motifs is 3. The molecule has 0 fully saturated rings. The summed E-state index contributed by atoms with van der Waals surface area (Å²) in [5.41, 5.74) is 4.87. The molecule has 0 amide bonds. The van der Waals surface area contributed by atoms with Gasteiger partial charge in [-0.15, -0.1) is 11.3 Å². The molecule has 26 heavy (non-hydrogen) atoms. The fourth-order valence-corrected chi connectivity index (χ4v) is 5.37. The van der Waals surface area contributed by atoms with Crippen molar-refractivity contribution in [3.63, 3.8) is 0 Å². The quantitative estimate of drug-likeness (QED) is 0.655. The van der Waals surface area contributed by atoms with Crippen molar-refractivity contribution in [2.24, 2.45) is 0 Å². The standard InChI is InChI=1S/C21H22N2O2S/c1-12-8-13(2)18(14(3)9-12)16(24)10-23-11-22-20-19(21(23)25)15-6-4-5-7-17(15)26-20/h8-9,11H,4-7,10H2,1-3H3. The molecule has 2 aromatic heterocycles. The number of aromatic nitrogens is 2. The second-order valence-corrected chi connectivity index (χ2v) is 8.35. The number of hydrogen-bond donors (Lipinski definition) is 0. The maximum absolute atomic E-state index is 13.0. The predicted octanol–water partition coefficient (Wildman–Crippen LogP) is 4.14. The first-order valence-electron chi connectivity index (χ1n) is 9.06. The average molecular weight is 366 g/mol. The molecular formula is C21H22N2O2S.